The zero-order valence-electron chi connectivity index (χ0n) is 20.4. The van der Waals surface area contributed by atoms with Gasteiger partial charge in [0.15, 0.2) is 5.11 Å². The summed E-state index contributed by atoms with van der Waals surface area (Å²) < 4.78 is 5.90. The maximum absolute atomic E-state index is 12.9. The number of nitrogens with one attached hydrogen (secondary N) is 2. The number of hydrogen-bond donors (Lipinski definition) is 2. The third-order valence-electron chi connectivity index (χ3n) is 6.29. The number of amides is 2. The molecule has 1 aliphatic rings. The van der Waals surface area contributed by atoms with Gasteiger partial charge in [-0.15, -0.1) is 0 Å². The lowest BCUT2D eigenvalue weighted by atomic mass is 9.98. The van der Waals surface area contributed by atoms with Gasteiger partial charge in [-0.2, -0.15) is 0 Å². The molecule has 1 fully saturated rings. The Morgan fingerprint density at radius 2 is 1.69 bits per heavy atom. The van der Waals surface area contributed by atoms with E-state index in [-0.39, 0.29) is 16.9 Å². The second-order valence-electron chi connectivity index (χ2n) is 9.04. The number of rotatable bonds is 7. The summed E-state index contributed by atoms with van der Waals surface area (Å²) in [5.41, 5.74) is 2.81. The van der Waals surface area contributed by atoms with Crippen LogP contribution >= 0.6 is 12.2 Å². The molecular formula is C29H31N3O3S. The van der Waals surface area contributed by atoms with Crippen LogP contribution in [0.25, 0.3) is 0 Å². The molecule has 1 aliphatic heterocycles. The number of hydrogen-bond acceptors (Lipinski definition) is 4. The average Bonchev–Trinajstić information content (AvgIpc) is 2.89. The zero-order chi connectivity index (χ0) is 25.3. The smallest absolute Gasteiger partial charge is 0.261 e. The molecule has 0 bridgehead atoms. The minimum absolute atomic E-state index is 0.0158. The summed E-state index contributed by atoms with van der Waals surface area (Å²) in [7, 11) is 0. The Morgan fingerprint density at radius 3 is 2.47 bits per heavy atom. The molecule has 0 atom stereocenters. The molecule has 36 heavy (non-hydrogen) atoms. The molecule has 0 saturated carbocycles. The fourth-order valence-corrected chi connectivity index (χ4v) is 4.37. The van der Waals surface area contributed by atoms with Crippen molar-refractivity contribution in [3.05, 3.63) is 95.6 Å². The first kappa shape index (κ1) is 25.4. The zero-order valence-corrected chi connectivity index (χ0v) is 21.2. The second-order valence-corrected chi connectivity index (χ2v) is 9.45. The summed E-state index contributed by atoms with van der Waals surface area (Å²) in [5.74, 6) is 0.805. The molecule has 6 nitrogen and oxygen atoms in total. The molecule has 0 spiro atoms. The standard InChI is InChI=1S/C29H31N3O3S/c1-21-14-17-32(18-15-21)28(34)23-10-7-11-24(20-23)30-29(36)31-27(33)25-12-5-6-13-26(25)35-19-16-22-8-3-2-4-9-22/h2-13,20-21H,14-19H2,1H3,(H2,30,31,33,36). The Morgan fingerprint density at radius 1 is 0.972 bits per heavy atom. The van der Waals surface area contributed by atoms with E-state index in [1.807, 2.05) is 53.4 Å². The van der Waals surface area contributed by atoms with Crippen molar-refractivity contribution >= 4 is 34.8 Å². The van der Waals surface area contributed by atoms with Crippen LogP contribution < -0.4 is 15.4 Å². The van der Waals surface area contributed by atoms with Crippen LogP contribution in [0.5, 0.6) is 5.75 Å². The topological polar surface area (TPSA) is 70.7 Å². The Hall–Kier alpha value is -3.71. The molecule has 0 aromatic heterocycles. The molecule has 4 rings (SSSR count). The van der Waals surface area contributed by atoms with Gasteiger partial charge in [0.1, 0.15) is 5.75 Å². The van der Waals surface area contributed by atoms with Crippen LogP contribution in [0.2, 0.25) is 0 Å². The van der Waals surface area contributed by atoms with E-state index >= 15 is 0 Å². The molecule has 2 N–H and O–H groups in total. The lowest BCUT2D eigenvalue weighted by molar-refractivity contribution is 0.0697. The number of likely N-dealkylation sites (tertiary alicyclic amines) is 1. The van der Waals surface area contributed by atoms with Crippen LogP contribution in [0.3, 0.4) is 0 Å². The molecule has 7 heteroatoms. The van der Waals surface area contributed by atoms with Gasteiger partial charge >= 0.3 is 0 Å². The number of thiocarbonyl (C=S) groups is 1. The highest BCUT2D eigenvalue weighted by atomic mass is 32.1. The van der Waals surface area contributed by atoms with Crippen LogP contribution in [0, 0.1) is 5.92 Å². The van der Waals surface area contributed by atoms with Gasteiger partial charge in [0.25, 0.3) is 11.8 Å². The van der Waals surface area contributed by atoms with E-state index in [0.717, 1.165) is 32.4 Å². The number of carbonyl (C=O) groups is 2. The second kappa shape index (κ2) is 12.3. The summed E-state index contributed by atoms with van der Waals surface area (Å²) in [5, 5.41) is 5.88. The van der Waals surface area contributed by atoms with Crippen molar-refractivity contribution in [2.75, 3.05) is 25.0 Å². The first-order valence-electron chi connectivity index (χ1n) is 12.3. The van der Waals surface area contributed by atoms with Crippen LogP contribution in [0.15, 0.2) is 78.9 Å². The largest absolute Gasteiger partial charge is 0.492 e. The highest BCUT2D eigenvalue weighted by Crippen LogP contribution is 2.21. The maximum atomic E-state index is 12.9. The highest BCUT2D eigenvalue weighted by molar-refractivity contribution is 7.80. The molecule has 3 aromatic carbocycles. The number of piperidine rings is 1. The molecule has 1 saturated heterocycles. The van der Waals surface area contributed by atoms with Gasteiger partial charge in [0.05, 0.1) is 12.2 Å². The average molecular weight is 502 g/mol. The minimum atomic E-state index is -0.363. The highest BCUT2D eigenvalue weighted by Gasteiger charge is 2.21. The predicted octanol–water partition coefficient (Wildman–Crippen LogP) is 5.31. The van der Waals surface area contributed by atoms with Crippen molar-refractivity contribution in [1.82, 2.24) is 10.2 Å². The first-order chi connectivity index (χ1) is 17.5. The number of ether oxygens (including phenoxy) is 1. The molecule has 0 radical (unpaired) electrons. The monoisotopic (exact) mass is 501 g/mol. The number of benzene rings is 3. The minimum Gasteiger partial charge on any atom is -0.492 e. The maximum Gasteiger partial charge on any atom is 0.261 e. The molecule has 2 amide bonds. The molecule has 1 heterocycles. The van der Waals surface area contributed by atoms with Crippen LogP contribution in [0.4, 0.5) is 5.69 Å². The van der Waals surface area contributed by atoms with E-state index in [1.165, 1.54) is 5.56 Å². The lowest BCUT2D eigenvalue weighted by Gasteiger charge is -2.30. The van der Waals surface area contributed by atoms with E-state index in [4.69, 9.17) is 17.0 Å². The van der Waals surface area contributed by atoms with Crippen molar-refractivity contribution in [2.24, 2.45) is 5.92 Å². The molecule has 3 aromatic rings. The fourth-order valence-electron chi connectivity index (χ4n) is 4.16. The van der Waals surface area contributed by atoms with Gasteiger partial charge in [-0.3, -0.25) is 14.9 Å². The summed E-state index contributed by atoms with van der Waals surface area (Å²) in [4.78, 5) is 27.7. The number of carbonyl (C=O) groups excluding carboxylic acids is 2. The van der Waals surface area contributed by atoms with Crippen LogP contribution in [0.1, 0.15) is 46.0 Å². The van der Waals surface area contributed by atoms with Crippen LogP contribution in [-0.4, -0.2) is 41.5 Å². The van der Waals surface area contributed by atoms with Crippen molar-refractivity contribution in [1.29, 1.82) is 0 Å². The molecule has 186 valence electrons. The van der Waals surface area contributed by atoms with E-state index in [0.29, 0.717) is 35.1 Å². The fraction of sp³-hybridized carbons (Fsp3) is 0.276. The summed E-state index contributed by atoms with van der Waals surface area (Å²) in [6.07, 6.45) is 2.79. The van der Waals surface area contributed by atoms with Gasteiger partial charge in [-0.1, -0.05) is 55.5 Å². The molecule has 0 aliphatic carbocycles. The Labute approximate surface area is 217 Å². The van der Waals surface area contributed by atoms with Crippen molar-refractivity contribution in [3.63, 3.8) is 0 Å². The Balaban J connectivity index is 1.33. The van der Waals surface area contributed by atoms with Crippen LogP contribution in [-0.2, 0) is 6.42 Å². The van der Waals surface area contributed by atoms with Gasteiger partial charge in [-0.05, 0) is 66.9 Å². The predicted molar refractivity (Wildman–Crippen MR) is 147 cm³/mol. The van der Waals surface area contributed by atoms with E-state index in [1.54, 1.807) is 30.3 Å². The van der Waals surface area contributed by atoms with Crippen molar-refractivity contribution in [2.45, 2.75) is 26.2 Å². The van der Waals surface area contributed by atoms with Crippen molar-refractivity contribution in [3.8, 4) is 5.75 Å². The number of anilines is 1. The number of para-hydroxylation sites is 1. The van der Waals surface area contributed by atoms with Gasteiger partial charge in [0, 0.05) is 30.8 Å². The molecule has 0 unspecified atom stereocenters. The quantitative estimate of drug-likeness (QED) is 0.430. The Bertz CT molecular complexity index is 1210. The van der Waals surface area contributed by atoms with Gasteiger partial charge < -0.3 is 15.0 Å². The van der Waals surface area contributed by atoms with Gasteiger partial charge in [-0.25, -0.2) is 0 Å². The third-order valence-corrected chi connectivity index (χ3v) is 6.49. The summed E-state index contributed by atoms with van der Waals surface area (Å²) in [6, 6.07) is 24.3. The van der Waals surface area contributed by atoms with E-state index in [9.17, 15) is 9.59 Å². The lowest BCUT2D eigenvalue weighted by Crippen LogP contribution is -2.38. The SMILES string of the molecule is CC1CCN(C(=O)c2cccc(NC(=S)NC(=O)c3ccccc3OCCc3ccccc3)c2)CC1. The normalized spacial score (nSPS) is 13.6. The van der Waals surface area contributed by atoms with Gasteiger partial charge in [0.2, 0.25) is 0 Å². The summed E-state index contributed by atoms with van der Waals surface area (Å²) >= 11 is 5.37. The number of nitrogens with zero attached hydrogens (tertiary/aromatic N) is 1. The Kier molecular flexibility index (Phi) is 8.68. The summed E-state index contributed by atoms with van der Waals surface area (Å²) in [6.45, 7) is 4.22. The van der Waals surface area contributed by atoms with E-state index in [2.05, 4.69) is 17.6 Å². The third kappa shape index (κ3) is 6.92. The van der Waals surface area contributed by atoms with Crippen molar-refractivity contribution < 1.29 is 14.3 Å². The molecular weight excluding hydrogens is 470 g/mol. The van der Waals surface area contributed by atoms with E-state index < -0.39 is 0 Å². The first-order valence-corrected chi connectivity index (χ1v) is 12.7.